The average Bonchev–Trinajstić information content (AvgIpc) is 3.47. The Bertz CT molecular complexity index is 1360. The van der Waals surface area contributed by atoms with Gasteiger partial charge in [0.05, 0.1) is 29.7 Å². The molecular weight excluding hydrogens is 380 g/mol. The van der Waals surface area contributed by atoms with E-state index >= 15 is 0 Å². The fourth-order valence-corrected chi connectivity index (χ4v) is 3.72. The molecular formula is C22H20N6O2. The van der Waals surface area contributed by atoms with Gasteiger partial charge in [0.2, 0.25) is 0 Å². The largest absolute Gasteiger partial charge is 0.496 e. The molecule has 0 spiro atoms. The minimum absolute atomic E-state index is 0.681. The van der Waals surface area contributed by atoms with E-state index in [2.05, 4.69) is 10.1 Å². The van der Waals surface area contributed by atoms with Gasteiger partial charge >= 0.3 is 0 Å². The predicted octanol–water partition coefficient (Wildman–Crippen LogP) is 4.17. The smallest absolute Gasteiger partial charge is 0.181 e. The molecule has 150 valence electrons. The highest BCUT2D eigenvalue weighted by molar-refractivity contribution is 5.85. The molecule has 8 heteroatoms. The lowest BCUT2D eigenvalue weighted by Gasteiger charge is -2.11. The summed E-state index contributed by atoms with van der Waals surface area (Å²) >= 11 is 0. The van der Waals surface area contributed by atoms with Crippen LogP contribution >= 0.6 is 0 Å². The Morgan fingerprint density at radius 3 is 2.63 bits per heavy atom. The van der Waals surface area contributed by atoms with E-state index in [0.29, 0.717) is 5.76 Å². The van der Waals surface area contributed by atoms with Crippen molar-refractivity contribution in [3.8, 4) is 34.0 Å². The second kappa shape index (κ2) is 6.84. The molecule has 0 amide bonds. The summed E-state index contributed by atoms with van der Waals surface area (Å²) in [6, 6.07) is 9.82. The van der Waals surface area contributed by atoms with E-state index in [1.165, 1.54) is 6.39 Å². The zero-order valence-electron chi connectivity index (χ0n) is 17.1. The number of aromatic nitrogens is 6. The van der Waals surface area contributed by atoms with Gasteiger partial charge < -0.3 is 9.15 Å². The molecule has 0 radical (unpaired) electrons. The fraction of sp³-hybridized carbons (Fsp3) is 0.182. The zero-order chi connectivity index (χ0) is 20.8. The maximum Gasteiger partial charge on any atom is 0.181 e. The number of fused-ring (bicyclic) bond motifs is 1. The first-order valence-electron chi connectivity index (χ1n) is 9.52. The number of benzene rings is 1. The molecule has 0 aliphatic rings. The van der Waals surface area contributed by atoms with Crippen molar-refractivity contribution in [1.29, 1.82) is 0 Å². The van der Waals surface area contributed by atoms with Gasteiger partial charge in [-0.1, -0.05) is 0 Å². The Morgan fingerprint density at radius 2 is 1.93 bits per heavy atom. The van der Waals surface area contributed by atoms with E-state index in [1.54, 1.807) is 18.0 Å². The first kappa shape index (κ1) is 18.1. The molecule has 0 N–H and O–H groups in total. The van der Waals surface area contributed by atoms with Crippen LogP contribution in [-0.4, -0.2) is 36.5 Å². The van der Waals surface area contributed by atoms with Gasteiger partial charge in [-0.05, 0) is 45.0 Å². The van der Waals surface area contributed by atoms with E-state index in [1.807, 2.05) is 61.8 Å². The summed E-state index contributed by atoms with van der Waals surface area (Å²) in [5, 5.41) is 9.07. The molecule has 0 aliphatic carbocycles. The van der Waals surface area contributed by atoms with Crippen LogP contribution in [0.1, 0.15) is 17.1 Å². The highest BCUT2D eigenvalue weighted by Gasteiger charge is 2.22. The molecule has 0 unspecified atom stereocenters. The number of hydrogen-bond donors (Lipinski definition) is 0. The monoisotopic (exact) mass is 400 g/mol. The summed E-state index contributed by atoms with van der Waals surface area (Å²) in [5.74, 6) is 1.40. The number of ether oxygens (including phenoxy) is 1. The van der Waals surface area contributed by atoms with Crippen molar-refractivity contribution in [2.45, 2.75) is 20.8 Å². The third-order valence-corrected chi connectivity index (χ3v) is 5.09. The van der Waals surface area contributed by atoms with Crippen LogP contribution in [0.3, 0.4) is 0 Å². The third-order valence-electron chi connectivity index (χ3n) is 5.09. The minimum Gasteiger partial charge on any atom is -0.496 e. The van der Waals surface area contributed by atoms with Gasteiger partial charge in [-0.15, -0.1) is 0 Å². The van der Waals surface area contributed by atoms with Crippen molar-refractivity contribution in [2.24, 2.45) is 0 Å². The molecule has 0 saturated carbocycles. The average molecular weight is 400 g/mol. The number of nitrogens with zero attached hydrogens (tertiary/aromatic N) is 6. The van der Waals surface area contributed by atoms with E-state index in [4.69, 9.17) is 19.2 Å². The van der Waals surface area contributed by atoms with Crippen LogP contribution in [-0.2, 0) is 0 Å². The van der Waals surface area contributed by atoms with Crippen molar-refractivity contribution < 1.29 is 9.15 Å². The van der Waals surface area contributed by atoms with Gasteiger partial charge in [-0.2, -0.15) is 10.2 Å². The molecule has 1 aromatic carbocycles. The van der Waals surface area contributed by atoms with Crippen molar-refractivity contribution >= 4 is 5.65 Å². The van der Waals surface area contributed by atoms with Crippen LogP contribution in [0.4, 0.5) is 0 Å². The second-order valence-electron chi connectivity index (χ2n) is 7.08. The Balaban J connectivity index is 1.75. The van der Waals surface area contributed by atoms with Gasteiger partial charge in [0.25, 0.3) is 0 Å². The molecule has 0 saturated heterocycles. The summed E-state index contributed by atoms with van der Waals surface area (Å²) in [6.07, 6.45) is 5.09. The number of rotatable bonds is 4. The molecule has 0 aliphatic heterocycles. The lowest BCUT2D eigenvalue weighted by molar-refractivity contribution is 0.416. The lowest BCUT2D eigenvalue weighted by atomic mass is 10.0. The van der Waals surface area contributed by atoms with Gasteiger partial charge in [-0.3, -0.25) is 0 Å². The second-order valence-corrected chi connectivity index (χ2v) is 7.08. The Kier molecular flexibility index (Phi) is 4.13. The quantitative estimate of drug-likeness (QED) is 0.450. The van der Waals surface area contributed by atoms with Gasteiger partial charge in [0.1, 0.15) is 11.4 Å². The number of aryl methyl sites for hydroxylation is 3. The number of methoxy groups -OCH3 is 1. The molecule has 0 bridgehead atoms. The van der Waals surface area contributed by atoms with Crippen LogP contribution in [0.25, 0.3) is 33.9 Å². The topological polar surface area (TPSA) is 83.3 Å². The zero-order valence-corrected chi connectivity index (χ0v) is 17.1. The maximum absolute atomic E-state index is 5.73. The third kappa shape index (κ3) is 2.76. The molecule has 0 atom stereocenters. The van der Waals surface area contributed by atoms with Crippen LogP contribution in [0.5, 0.6) is 5.75 Å². The molecule has 4 heterocycles. The molecule has 0 fully saturated rings. The summed E-state index contributed by atoms with van der Waals surface area (Å²) in [5.41, 5.74) is 6.81. The Morgan fingerprint density at radius 1 is 1.07 bits per heavy atom. The highest BCUT2D eigenvalue weighted by atomic mass is 16.5. The minimum atomic E-state index is 0.681. The normalized spacial score (nSPS) is 11.3. The van der Waals surface area contributed by atoms with Crippen LogP contribution in [0, 0.1) is 20.8 Å². The van der Waals surface area contributed by atoms with Gasteiger partial charge in [-0.25, -0.2) is 19.2 Å². The molecule has 5 aromatic rings. The Labute approximate surface area is 172 Å². The summed E-state index contributed by atoms with van der Waals surface area (Å²) in [4.78, 5) is 9.01. The molecule has 5 rings (SSSR count). The first-order chi connectivity index (χ1) is 14.6. The highest BCUT2D eigenvalue weighted by Crippen LogP contribution is 2.37. The molecule has 8 nitrogen and oxygen atoms in total. The van der Waals surface area contributed by atoms with E-state index in [9.17, 15) is 0 Å². The summed E-state index contributed by atoms with van der Waals surface area (Å²) in [7, 11) is 1.66. The predicted molar refractivity (Wildman–Crippen MR) is 112 cm³/mol. The summed E-state index contributed by atoms with van der Waals surface area (Å²) < 4.78 is 15.0. The van der Waals surface area contributed by atoms with E-state index in [-0.39, 0.29) is 0 Å². The van der Waals surface area contributed by atoms with Crippen LogP contribution in [0.2, 0.25) is 0 Å². The van der Waals surface area contributed by atoms with E-state index < -0.39 is 0 Å². The van der Waals surface area contributed by atoms with Crippen molar-refractivity contribution in [3.05, 3.63) is 66.2 Å². The molecule has 4 aromatic heterocycles. The van der Waals surface area contributed by atoms with Crippen molar-refractivity contribution in [3.63, 3.8) is 0 Å². The summed E-state index contributed by atoms with van der Waals surface area (Å²) in [6.45, 7) is 5.84. The molecule has 30 heavy (non-hydrogen) atoms. The Hall–Kier alpha value is -3.94. The number of oxazole rings is 1. The first-order valence-corrected chi connectivity index (χ1v) is 9.52. The lowest BCUT2D eigenvalue weighted by Crippen LogP contribution is -1.99. The SMILES string of the molecule is COc1cc(-n2cccn2)ccc1-c1c(C)nn2c(-c3ocnc3C)cc(C)nc12. The maximum atomic E-state index is 5.73. The van der Waals surface area contributed by atoms with Crippen molar-refractivity contribution in [1.82, 2.24) is 29.4 Å². The van der Waals surface area contributed by atoms with Crippen LogP contribution in [0.15, 0.2) is 53.5 Å². The fourth-order valence-electron chi connectivity index (χ4n) is 3.72. The van der Waals surface area contributed by atoms with Crippen molar-refractivity contribution in [2.75, 3.05) is 7.11 Å². The standard InChI is InChI=1S/C22H20N6O2/c1-13-10-18(21-15(3)23-12-30-21)28-22(25-13)20(14(2)26-28)17-7-6-16(11-19(17)29-4)27-9-5-8-24-27/h5-12H,1-4H3. The van der Waals surface area contributed by atoms with Gasteiger partial charge in [0.15, 0.2) is 17.8 Å². The van der Waals surface area contributed by atoms with Crippen LogP contribution < -0.4 is 4.74 Å². The number of hydrogen-bond acceptors (Lipinski definition) is 6. The van der Waals surface area contributed by atoms with Gasteiger partial charge in [0, 0.05) is 29.7 Å². The van der Waals surface area contributed by atoms with E-state index in [0.717, 1.165) is 51.0 Å².